The van der Waals surface area contributed by atoms with Crippen molar-refractivity contribution in [2.75, 3.05) is 0 Å². The van der Waals surface area contributed by atoms with E-state index in [9.17, 15) is 4.79 Å². The lowest BCUT2D eigenvalue weighted by molar-refractivity contribution is 0.576. The highest BCUT2D eigenvalue weighted by Crippen LogP contribution is 2.22. The zero-order valence-electron chi connectivity index (χ0n) is 6.35. The Morgan fingerprint density at radius 2 is 2.33 bits per heavy atom. The molecule has 0 atom stereocenters. The molecule has 0 aliphatic carbocycles. The summed E-state index contributed by atoms with van der Waals surface area (Å²) in [6.07, 6.45) is 1.58. The van der Waals surface area contributed by atoms with Gasteiger partial charge in [-0.1, -0.05) is 0 Å². The van der Waals surface area contributed by atoms with E-state index in [1.807, 2.05) is 6.92 Å². The highest BCUT2D eigenvalue weighted by Gasteiger charge is 2.06. The van der Waals surface area contributed by atoms with E-state index < -0.39 is 0 Å². The largest absolute Gasteiger partial charge is 0.460 e. The minimum absolute atomic E-state index is 0.120. The molecule has 0 saturated heterocycles. The Morgan fingerprint density at radius 1 is 1.58 bits per heavy atom. The zero-order chi connectivity index (χ0) is 8.72. The predicted octanol–water partition coefficient (Wildman–Crippen LogP) is 2.19. The summed E-state index contributed by atoms with van der Waals surface area (Å²) in [7, 11) is 0. The lowest BCUT2D eigenvalue weighted by atomic mass is 10.3. The van der Waals surface area contributed by atoms with Crippen molar-refractivity contribution in [1.82, 2.24) is 4.98 Å². The van der Waals surface area contributed by atoms with Crippen molar-refractivity contribution >= 4 is 26.9 Å². The minimum Gasteiger partial charge on any atom is -0.460 e. The Balaban J connectivity index is 3.03. The lowest BCUT2D eigenvalue weighted by Gasteiger charge is -1.89. The third kappa shape index (κ3) is 0.992. The maximum Gasteiger partial charge on any atom is 0.259 e. The van der Waals surface area contributed by atoms with Crippen LogP contribution in [0.3, 0.4) is 0 Å². The van der Waals surface area contributed by atoms with Gasteiger partial charge in [-0.15, -0.1) is 0 Å². The van der Waals surface area contributed by atoms with Gasteiger partial charge in [0.25, 0.3) is 5.56 Å². The van der Waals surface area contributed by atoms with Gasteiger partial charge in [-0.3, -0.25) is 4.79 Å². The fraction of sp³-hybridized carbons (Fsp3) is 0.125. The molecule has 62 valence electrons. The van der Waals surface area contributed by atoms with Crippen LogP contribution in [0.1, 0.15) is 5.76 Å². The van der Waals surface area contributed by atoms with E-state index in [-0.39, 0.29) is 5.56 Å². The zero-order valence-corrected chi connectivity index (χ0v) is 7.94. The average molecular weight is 228 g/mol. The molecule has 2 aromatic rings. The topological polar surface area (TPSA) is 46.0 Å². The van der Waals surface area contributed by atoms with Gasteiger partial charge in [-0.25, -0.2) is 0 Å². The molecule has 4 heteroatoms. The van der Waals surface area contributed by atoms with Crippen molar-refractivity contribution in [2.45, 2.75) is 6.92 Å². The first-order chi connectivity index (χ1) is 5.68. The van der Waals surface area contributed by atoms with Gasteiger partial charge in [0.1, 0.15) is 5.76 Å². The highest BCUT2D eigenvalue weighted by atomic mass is 79.9. The second-order valence-electron chi connectivity index (χ2n) is 2.57. The van der Waals surface area contributed by atoms with Gasteiger partial charge in [0.15, 0.2) is 5.58 Å². The maximum absolute atomic E-state index is 11.2. The number of pyridine rings is 1. The van der Waals surface area contributed by atoms with Crippen molar-refractivity contribution in [1.29, 1.82) is 0 Å². The molecule has 0 spiro atoms. The molecule has 12 heavy (non-hydrogen) atoms. The number of aromatic nitrogens is 1. The first-order valence-corrected chi connectivity index (χ1v) is 4.25. The number of nitrogens with one attached hydrogen (secondary N) is 1. The van der Waals surface area contributed by atoms with Gasteiger partial charge in [0.2, 0.25) is 0 Å². The number of hydrogen-bond donors (Lipinski definition) is 1. The number of fused-ring (bicyclic) bond motifs is 1. The normalized spacial score (nSPS) is 10.8. The Bertz CT molecular complexity index is 483. The molecular formula is C8H6BrNO2. The van der Waals surface area contributed by atoms with Crippen LogP contribution in [0.15, 0.2) is 25.9 Å². The van der Waals surface area contributed by atoms with E-state index in [2.05, 4.69) is 20.9 Å². The van der Waals surface area contributed by atoms with Gasteiger partial charge < -0.3 is 9.40 Å². The van der Waals surface area contributed by atoms with Crippen molar-refractivity contribution in [3.8, 4) is 0 Å². The van der Waals surface area contributed by atoms with Crippen LogP contribution < -0.4 is 5.56 Å². The Kier molecular flexibility index (Phi) is 1.58. The number of hydrogen-bond acceptors (Lipinski definition) is 2. The Hall–Kier alpha value is -1.03. The number of rotatable bonds is 0. The van der Waals surface area contributed by atoms with Crippen molar-refractivity contribution in [3.05, 3.63) is 32.8 Å². The summed E-state index contributed by atoms with van der Waals surface area (Å²) in [5, 5.41) is 0.585. The lowest BCUT2D eigenvalue weighted by Crippen LogP contribution is -2.02. The van der Waals surface area contributed by atoms with Gasteiger partial charge in [0, 0.05) is 6.20 Å². The number of aromatic amines is 1. The van der Waals surface area contributed by atoms with Crippen molar-refractivity contribution in [3.63, 3.8) is 0 Å². The molecule has 0 saturated carbocycles. The summed E-state index contributed by atoms with van der Waals surface area (Å²) < 4.78 is 6.08. The first-order valence-electron chi connectivity index (χ1n) is 3.46. The van der Waals surface area contributed by atoms with E-state index >= 15 is 0 Å². The molecule has 0 aromatic carbocycles. The first kappa shape index (κ1) is 7.61. The van der Waals surface area contributed by atoms with E-state index in [1.165, 1.54) is 0 Å². The molecule has 0 fully saturated rings. The summed E-state index contributed by atoms with van der Waals surface area (Å²) in [6, 6.07) is 1.72. The van der Waals surface area contributed by atoms with Gasteiger partial charge in [-0.2, -0.15) is 0 Å². The third-order valence-electron chi connectivity index (χ3n) is 1.65. The molecule has 2 aromatic heterocycles. The highest BCUT2D eigenvalue weighted by molar-refractivity contribution is 9.10. The number of H-pyrrole nitrogens is 1. The number of aryl methyl sites for hydroxylation is 1. The summed E-state index contributed by atoms with van der Waals surface area (Å²) in [5.74, 6) is 0.738. The fourth-order valence-electron chi connectivity index (χ4n) is 1.13. The molecule has 0 unspecified atom stereocenters. The van der Waals surface area contributed by atoms with Crippen LogP contribution in [0.5, 0.6) is 0 Å². The molecule has 0 bridgehead atoms. The molecule has 1 N–H and O–H groups in total. The summed E-state index contributed by atoms with van der Waals surface area (Å²) in [4.78, 5) is 13.8. The summed E-state index contributed by atoms with van der Waals surface area (Å²) >= 11 is 3.28. The van der Waals surface area contributed by atoms with Gasteiger partial charge >= 0.3 is 0 Å². The van der Waals surface area contributed by atoms with Crippen LogP contribution >= 0.6 is 15.9 Å². The van der Waals surface area contributed by atoms with Crippen molar-refractivity contribution in [2.24, 2.45) is 0 Å². The number of halogens is 1. The molecular weight excluding hydrogens is 222 g/mol. The maximum atomic E-state index is 11.2. The predicted molar refractivity (Wildman–Crippen MR) is 49.3 cm³/mol. The Morgan fingerprint density at radius 3 is 3.00 bits per heavy atom. The van der Waals surface area contributed by atoms with E-state index in [0.717, 1.165) is 10.2 Å². The van der Waals surface area contributed by atoms with Crippen LogP contribution in [-0.2, 0) is 0 Å². The summed E-state index contributed by atoms with van der Waals surface area (Å²) in [5.41, 5.74) is 0.487. The molecule has 0 aliphatic rings. The second kappa shape index (κ2) is 2.48. The van der Waals surface area contributed by atoms with Crippen LogP contribution in [0.25, 0.3) is 11.0 Å². The quantitative estimate of drug-likeness (QED) is 0.751. The molecule has 0 amide bonds. The molecule has 2 rings (SSSR count). The molecule has 0 aliphatic heterocycles. The molecule has 2 heterocycles. The van der Waals surface area contributed by atoms with Crippen LogP contribution in [0.4, 0.5) is 0 Å². The average Bonchev–Trinajstić information content (AvgIpc) is 2.41. The van der Waals surface area contributed by atoms with Gasteiger partial charge in [0.05, 0.1) is 9.86 Å². The smallest absolute Gasteiger partial charge is 0.259 e. The molecule has 0 radical (unpaired) electrons. The Labute approximate surface area is 76.5 Å². The van der Waals surface area contributed by atoms with E-state index in [1.54, 1.807) is 12.3 Å². The standard InChI is InChI=1S/C8H6BrNO2/c1-4-2-5-7(12-4)6(9)3-10-8(5)11/h2-3H,1H3,(H,10,11). The fourth-order valence-corrected chi connectivity index (χ4v) is 1.54. The third-order valence-corrected chi connectivity index (χ3v) is 2.24. The van der Waals surface area contributed by atoms with Crippen molar-refractivity contribution < 1.29 is 4.42 Å². The second-order valence-corrected chi connectivity index (χ2v) is 3.42. The summed E-state index contributed by atoms with van der Waals surface area (Å²) in [6.45, 7) is 1.81. The van der Waals surface area contributed by atoms with Crippen LogP contribution in [-0.4, -0.2) is 4.98 Å². The van der Waals surface area contributed by atoms with Gasteiger partial charge in [-0.05, 0) is 28.9 Å². The van der Waals surface area contributed by atoms with E-state index in [4.69, 9.17) is 4.42 Å². The monoisotopic (exact) mass is 227 g/mol. The van der Waals surface area contributed by atoms with E-state index in [0.29, 0.717) is 11.0 Å². The SMILES string of the molecule is Cc1cc2c(=O)[nH]cc(Br)c2o1. The van der Waals surface area contributed by atoms with Crippen LogP contribution in [0.2, 0.25) is 0 Å². The number of furan rings is 1. The van der Waals surface area contributed by atoms with Crippen LogP contribution in [0, 0.1) is 6.92 Å². The molecule has 3 nitrogen and oxygen atoms in total. The minimum atomic E-state index is -0.120.